The molecule has 0 aliphatic carbocycles. The standard InChI is InChI=1S/C14H15NS.ClH/c15-14(12-7-3-1-4-8-12)11-16-13-9-5-2-6-10-13;/h1-10,14H,11,15H2;1H. The lowest BCUT2D eigenvalue weighted by Crippen LogP contribution is -2.12. The summed E-state index contributed by atoms with van der Waals surface area (Å²) in [5.74, 6) is 0.911. The molecule has 0 aliphatic rings. The van der Waals surface area contributed by atoms with Crippen LogP contribution in [0.15, 0.2) is 65.6 Å². The van der Waals surface area contributed by atoms with Crippen molar-refractivity contribution in [2.24, 2.45) is 5.73 Å². The number of nitrogens with two attached hydrogens (primary N) is 1. The molecule has 2 aromatic rings. The van der Waals surface area contributed by atoms with Crippen LogP contribution in [0.4, 0.5) is 0 Å². The Balaban J connectivity index is 0.00000144. The first-order valence-electron chi connectivity index (χ1n) is 5.34. The van der Waals surface area contributed by atoms with Crippen molar-refractivity contribution in [3.8, 4) is 0 Å². The maximum absolute atomic E-state index is 6.12. The van der Waals surface area contributed by atoms with Gasteiger partial charge in [-0.2, -0.15) is 0 Å². The van der Waals surface area contributed by atoms with Crippen molar-refractivity contribution in [3.05, 3.63) is 66.2 Å². The van der Waals surface area contributed by atoms with E-state index in [4.69, 9.17) is 5.73 Å². The third-order valence-corrected chi connectivity index (χ3v) is 3.53. The van der Waals surface area contributed by atoms with Crippen molar-refractivity contribution in [2.45, 2.75) is 10.9 Å². The summed E-state index contributed by atoms with van der Waals surface area (Å²) in [5, 5.41) is 0. The van der Waals surface area contributed by atoms with Gasteiger partial charge in [-0.3, -0.25) is 0 Å². The van der Waals surface area contributed by atoms with Gasteiger partial charge in [0.1, 0.15) is 0 Å². The topological polar surface area (TPSA) is 26.0 Å². The molecule has 0 saturated carbocycles. The lowest BCUT2D eigenvalue weighted by Gasteiger charge is -2.11. The molecule has 3 heteroatoms. The second-order valence-electron chi connectivity index (χ2n) is 3.64. The van der Waals surface area contributed by atoms with Gasteiger partial charge >= 0.3 is 0 Å². The Bertz CT molecular complexity index is 419. The van der Waals surface area contributed by atoms with E-state index in [1.54, 1.807) is 11.8 Å². The van der Waals surface area contributed by atoms with E-state index in [1.165, 1.54) is 10.5 Å². The quantitative estimate of drug-likeness (QED) is 0.849. The summed E-state index contributed by atoms with van der Waals surface area (Å²) in [4.78, 5) is 1.27. The Hall–Kier alpha value is -0.960. The predicted molar refractivity (Wildman–Crippen MR) is 77.8 cm³/mol. The van der Waals surface area contributed by atoms with Crippen molar-refractivity contribution in [1.82, 2.24) is 0 Å². The van der Waals surface area contributed by atoms with Gasteiger partial charge in [0.2, 0.25) is 0 Å². The van der Waals surface area contributed by atoms with Gasteiger partial charge in [-0.1, -0.05) is 48.5 Å². The van der Waals surface area contributed by atoms with Crippen molar-refractivity contribution in [3.63, 3.8) is 0 Å². The molecule has 90 valence electrons. The Labute approximate surface area is 113 Å². The Morgan fingerprint density at radius 3 is 2.00 bits per heavy atom. The molecular formula is C14H16ClNS. The van der Waals surface area contributed by atoms with Gasteiger partial charge in [-0.05, 0) is 17.7 Å². The number of hydrogen-bond donors (Lipinski definition) is 1. The molecule has 2 aromatic carbocycles. The van der Waals surface area contributed by atoms with E-state index < -0.39 is 0 Å². The van der Waals surface area contributed by atoms with Crippen LogP contribution >= 0.6 is 24.2 Å². The number of rotatable bonds is 4. The van der Waals surface area contributed by atoms with Gasteiger partial charge in [-0.25, -0.2) is 0 Å². The molecular weight excluding hydrogens is 250 g/mol. The summed E-state index contributed by atoms with van der Waals surface area (Å²) in [6, 6.07) is 20.7. The Morgan fingerprint density at radius 2 is 1.41 bits per heavy atom. The fourth-order valence-electron chi connectivity index (χ4n) is 1.50. The van der Waals surface area contributed by atoms with Crippen LogP contribution in [0.5, 0.6) is 0 Å². The first kappa shape index (κ1) is 14.1. The van der Waals surface area contributed by atoms with E-state index in [0.29, 0.717) is 0 Å². The lowest BCUT2D eigenvalue weighted by atomic mass is 10.1. The Morgan fingerprint density at radius 1 is 0.882 bits per heavy atom. The van der Waals surface area contributed by atoms with E-state index in [0.717, 1.165) is 5.75 Å². The summed E-state index contributed by atoms with van der Waals surface area (Å²) in [7, 11) is 0. The zero-order valence-electron chi connectivity index (χ0n) is 9.45. The van der Waals surface area contributed by atoms with E-state index in [2.05, 4.69) is 36.4 Å². The second kappa shape index (κ2) is 7.38. The van der Waals surface area contributed by atoms with Crippen LogP contribution in [-0.4, -0.2) is 5.75 Å². The highest BCUT2D eigenvalue weighted by Crippen LogP contribution is 2.22. The monoisotopic (exact) mass is 265 g/mol. The van der Waals surface area contributed by atoms with Gasteiger partial charge in [0.25, 0.3) is 0 Å². The first-order valence-corrected chi connectivity index (χ1v) is 6.33. The van der Waals surface area contributed by atoms with Gasteiger partial charge in [0, 0.05) is 16.7 Å². The maximum atomic E-state index is 6.12. The number of hydrogen-bond acceptors (Lipinski definition) is 2. The van der Waals surface area contributed by atoms with Gasteiger partial charge in [0.15, 0.2) is 0 Å². The number of thioether (sulfide) groups is 1. The van der Waals surface area contributed by atoms with Crippen LogP contribution in [0.2, 0.25) is 0 Å². The van der Waals surface area contributed by atoms with E-state index in [9.17, 15) is 0 Å². The van der Waals surface area contributed by atoms with Crippen molar-refractivity contribution in [2.75, 3.05) is 5.75 Å². The minimum atomic E-state index is 0. The van der Waals surface area contributed by atoms with Crippen LogP contribution < -0.4 is 5.73 Å². The lowest BCUT2D eigenvalue weighted by molar-refractivity contribution is 0.831. The molecule has 1 atom stereocenters. The van der Waals surface area contributed by atoms with Crippen LogP contribution in [0.25, 0.3) is 0 Å². The third kappa shape index (κ3) is 4.43. The Kier molecular flexibility index (Phi) is 6.12. The molecule has 0 heterocycles. The fraction of sp³-hybridized carbons (Fsp3) is 0.143. The molecule has 0 aromatic heterocycles. The largest absolute Gasteiger partial charge is 0.323 e. The minimum absolute atomic E-state index is 0. The average Bonchev–Trinajstić information content (AvgIpc) is 2.38. The van der Waals surface area contributed by atoms with Crippen LogP contribution in [0.1, 0.15) is 11.6 Å². The van der Waals surface area contributed by atoms with Crippen LogP contribution in [0.3, 0.4) is 0 Å². The summed E-state index contributed by atoms with van der Waals surface area (Å²) in [5.41, 5.74) is 7.32. The zero-order chi connectivity index (χ0) is 11.2. The molecule has 2 rings (SSSR count). The van der Waals surface area contributed by atoms with Crippen LogP contribution in [0, 0.1) is 0 Å². The third-order valence-electron chi connectivity index (χ3n) is 2.40. The number of benzene rings is 2. The molecule has 0 aliphatic heterocycles. The molecule has 0 fully saturated rings. The summed E-state index contributed by atoms with van der Waals surface area (Å²) < 4.78 is 0. The fourth-order valence-corrected chi connectivity index (χ4v) is 2.41. The van der Waals surface area contributed by atoms with Crippen LogP contribution in [-0.2, 0) is 0 Å². The first-order chi connectivity index (χ1) is 7.86. The normalized spacial score (nSPS) is 11.6. The molecule has 0 saturated heterocycles. The molecule has 0 bridgehead atoms. The molecule has 1 nitrogen and oxygen atoms in total. The molecule has 1 unspecified atom stereocenters. The average molecular weight is 266 g/mol. The van der Waals surface area contributed by atoms with Crippen molar-refractivity contribution >= 4 is 24.2 Å². The summed E-state index contributed by atoms with van der Waals surface area (Å²) >= 11 is 1.80. The van der Waals surface area contributed by atoms with Crippen molar-refractivity contribution in [1.29, 1.82) is 0 Å². The molecule has 2 N–H and O–H groups in total. The summed E-state index contributed by atoms with van der Waals surface area (Å²) in [6.07, 6.45) is 0. The number of halogens is 1. The molecule has 0 amide bonds. The second-order valence-corrected chi connectivity index (χ2v) is 4.73. The smallest absolute Gasteiger partial charge is 0.0390 e. The highest BCUT2D eigenvalue weighted by molar-refractivity contribution is 7.99. The minimum Gasteiger partial charge on any atom is -0.323 e. The van der Waals surface area contributed by atoms with Gasteiger partial charge in [0.05, 0.1) is 0 Å². The highest BCUT2D eigenvalue weighted by Gasteiger charge is 2.05. The zero-order valence-corrected chi connectivity index (χ0v) is 11.1. The van der Waals surface area contributed by atoms with E-state index in [1.807, 2.05) is 24.3 Å². The molecule has 0 radical (unpaired) electrons. The van der Waals surface area contributed by atoms with E-state index >= 15 is 0 Å². The van der Waals surface area contributed by atoms with E-state index in [-0.39, 0.29) is 18.4 Å². The highest BCUT2D eigenvalue weighted by atomic mass is 35.5. The summed E-state index contributed by atoms with van der Waals surface area (Å²) in [6.45, 7) is 0. The van der Waals surface area contributed by atoms with Gasteiger partial charge < -0.3 is 5.73 Å². The van der Waals surface area contributed by atoms with Crippen molar-refractivity contribution < 1.29 is 0 Å². The predicted octanol–water partition coefficient (Wildman–Crippen LogP) is 3.90. The van der Waals surface area contributed by atoms with Gasteiger partial charge in [-0.15, -0.1) is 24.2 Å². The molecule has 0 spiro atoms. The molecule has 17 heavy (non-hydrogen) atoms. The maximum Gasteiger partial charge on any atom is 0.0390 e. The SMILES string of the molecule is Cl.NC(CSc1ccccc1)c1ccccc1.